The number of aryl methyl sites for hydroxylation is 1. The summed E-state index contributed by atoms with van der Waals surface area (Å²) in [5.41, 5.74) is 4.06. The van der Waals surface area contributed by atoms with Crippen molar-refractivity contribution < 1.29 is 0 Å². The van der Waals surface area contributed by atoms with Gasteiger partial charge < -0.3 is 5.32 Å². The van der Waals surface area contributed by atoms with E-state index in [2.05, 4.69) is 50.4 Å². The van der Waals surface area contributed by atoms with Crippen LogP contribution in [0.5, 0.6) is 0 Å². The molecule has 2 heteroatoms. The fraction of sp³-hybridized carbons (Fsp3) is 0.500. The van der Waals surface area contributed by atoms with Crippen molar-refractivity contribution >= 4 is 0 Å². The van der Waals surface area contributed by atoms with Crippen LogP contribution in [0.4, 0.5) is 0 Å². The van der Waals surface area contributed by atoms with Crippen LogP contribution in [0.1, 0.15) is 42.5 Å². The number of nitrogens with one attached hydrogen (secondary N) is 1. The Morgan fingerprint density at radius 1 is 1.38 bits per heavy atom. The van der Waals surface area contributed by atoms with Crippen molar-refractivity contribution in [3.05, 3.63) is 34.9 Å². The Labute approximate surface area is 98.3 Å². The summed E-state index contributed by atoms with van der Waals surface area (Å²) in [6.07, 6.45) is 1.55. The van der Waals surface area contributed by atoms with E-state index in [-0.39, 0.29) is 0 Å². The Morgan fingerprint density at radius 2 is 2.12 bits per heavy atom. The van der Waals surface area contributed by atoms with Gasteiger partial charge in [-0.15, -0.1) is 0 Å². The number of rotatable bonds is 5. The van der Waals surface area contributed by atoms with Gasteiger partial charge in [-0.2, -0.15) is 5.26 Å². The molecule has 0 saturated carbocycles. The van der Waals surface area contributed by atoms with Gasteiger partial charge in [0, 0.05) is 12.5 Å². The molecule has 1 rings (SSSR count). The minimum atomic E-state index is 0.360. The number of hydrogen-bond donors (Lipinski definition) is 1. The topological polar surface area (TPSA) is 35.8 Å². The number of unbranched alkanes of at least 4 members (excludes halogenated alkanes) is 1. The predicted molar refractivity (Wildman–Crippen MR) is 67.2 cm³/mol. The van der Waals surface area contributed by atoms with E-state index in [9.17, 15) is 0 Å². The minimum absolute atomic E-state index is 0.360. The van der Waals surface area contributed by atoms with Crippen LogP contribution >= 0.6 is 0 Å². The molecular weight excluding hydrogens is 196 g/mol. The zero-order valence-corrected chi connectivity index (χ0v) is 10.4. The lowest BCUT2D eigenvalue weighted by Gasteiger charge is -2.17. The Morgan fingerprint density at radius 3 is 2.81 bits per heavy atom. The molecule has 0 bridgehead atoms. The maximum atomic E-state index is 8.45. The first kappa shape index (κ1) is 12.7. The lowest BCUT2D eigenvalue weighted by Crippen LogP contribution is -2.20. The quantitative estimate of drug-likeness (QED) is 0.767. The van der Waals surface area contributed by atoms with Gasteiger partial charge in [0.15, 0.2) is 0 Å². The van der Waals surface area contributed by atoms with E-state index in [1.54, 1.807) is 0 Å². The molecule has 0 aliphatic rings. The third kappa shape index (κ3) is 3.36. The molecule has 1 unspecified atom stereocenters. The van der Waals surface area contributed by atoms with Crippen molar-refractivity contribution in [2.75, 3.05) is 6.54 Å². The van der Waals surface area contributed by atoms with E-state index < -0.39 is 0 Å². The van der Waals surface area contributed by atoms with E-state index in [4.69, 9.17) is 5.26 Å². The van der Waals surface area contributed by atoms with Gasteiger partial charge in [0.1, 0.15) is 0 Å². The smallest absolute Gasteiger partial charge is 0.0622 e. The highest BCUT2D eigenvalue weighted by molar-refractivity contribution is 5.34. The SMILES string of the molecule is Cc1cccc(C(C)NCCCC#N)c1C. The second-order valence-electron chi connectivity index (χ2n) is 4.23. The third-order valence-electron chi connectivity index (χ3n) is 3.03. The highest BCUT2D eigenvalue weighted by Gasteiger charge is 2.08. The van der Waals surface area contributed by atoms with E-state index in [1.165, 1.54) is 16.7 Å². The van der Waals surface area contributed by atoms with Gasteiger partial charge in [-0.25, -0.2) is 0 Å². The van der Waals surface area contributed by atoms with Gasteiger partial charge in [-0.3, -0.25) is 0 Å². The van der Waals surface area contributed by atoms with Crippen LogP contribution in [0.3, 0.4) is 0 Å². The molecular formula is C14H20N2. The van der Waals surface area contributed by atoms with Crippen LogP contribution < -0.4 is 5.32 Å². The lowest BCUT2D eigenvalue weighted by atomic mass is 9.98. The summed E-state index contributed by atoms with van der Waals surface area (Å²) in [5, 5.41) is 11.9. The molecule has 1 N–H and O–H groups in total. The van der Waals surface area contributed by atoms with Crippen LogP contribution in [-0.2, 0) is 0 Å². The molecule has 0 radical (unpaired) electrons. The van der Waals surface area contributed by atoms with Crippen LogP contribution in [0.25, 0.3) is 0 Å². The summed E-state index contributed by atoms with van der Waals surface area (Å²) < 4.78 is 0. The van der Waals surface area contributed by atoms with Crippen LogP contribution in [0.15, 0.2) is 18.2 Å². The lowest BCUT2D eigenvalue weighted by molar-refractivity contribution is 0.559. The monoisotopic (exact) mass is 216 g/mol. The predicted octanol–water partition coefficient (Wildman–Crippen LogP) is 3.26. The van der Waals surface area contributed by atoms with Crippen molar-refractivity contribution in [1.29, 1.82) is 5.26 Å². The summed E-state index contributed by atoms with van der Waals surface area (Å²) in [6, 6.07) is 8.93. The Balaban J connectivity index is 2.56. The van der Waals surface area contributed by atoms with Crippen LogP contribution in [0.2, 0.25) is 0 Å². The maximum Gasteiger partial charge on any atom is 0.0622 e. The number of benzene rings is 1. The first-order chi connectivity index (χ1) is 7.66. The van der Waals surface area contributed by atoms with Gasteiger partial charge in [0.25, 0.3) is 0 Å². The summed E-state index contributed by atoms with van der Waals surface area (Å²) in [5.74, 6) is 0. The van der Waals surface area contributed by atoms with Gasteiger partial charge in [-0.1, -0.05) is 18.2 Å². The molecule has 86 valence electrons. The number of hydrogen-bond acceptors (Lipinski definition) is 2. The summed E-state index contributed by atoms with van der Waals surface area (Å²) in [4.78, 5) is 0. The largest absolute Gasteiger partial charge is 0.310 e. The fourth-order valence-electron chi connectivity index (χ4n) is 1.84. The standard InChI is InChI=1S/C14H20N2/c1-11-7-6-8-14(12(11)2)13(3)16-10-5-4-9-15/h6-8,13,16H,4-5,10H2,1-3H3. The molecule has 0 amide bonds. The number of nitrogens with zero attached hydrogens (tertiary/aromatic N) is 1. The molecule has 0 aromatic heterocycles. The van der Waals surface area contributed by atoms with Crippen molar-refractivity contribution in [2.45, 2.75) is 39.7 Å². The molecule has 1 aromatic carbocycles. The average molecular weight is 216 g/mol. The van der Waals surface area contributed by atoms with Crippen molar-refractivity contribution in [3.8, 4) is 6.07 Å². The van der Waals surface area contributed by atoms with Gasteiger partial charge in [-0.05, 0) is 50.4 Å². The zero-order valence-electron chi connectivity index (χ0n) is 10.4. The fourth-order valence-corrected chi connectivity index (χ4v) is 1.84. The van der Waals surface area contributed by atoms with Crippen LogP contribution in [-0.4, -0.2) is 6.54 Å². The molecule has 0 fully saturated rings. The summed E-state index contributed by atoms with van der Waals surface area (Å²) in [6.45, 7) is 7.38. The second kappa shape index (κ2) is 6.30. The van der Waals surface area contributed by atoms with Crippen molar-refractivity contribution in [3.63, 3.8) is 0 Å². The summed E-state index contributed by atoms with van der Waals surface area (Å²) >= 11 is 0. The highest BCUT2D eigenvalue weighted by Crippen LogP contribution is 2.19. The Bertz CT molecular complexity index is 377. The van der Waals surface area contributed by atoms with Crippen molar-refractivity contribution in [2.24, 2.45) is 0 Å². The van der Waals surface area contributed by atoms with Gasteiger partial charge in [0.2, 0.25) is 0 Å². The molecule has 0 saturated heterocycles. The van der Waals surface area contributed by atoms with Gasteiger partial charge >= 0.3 is 0 Å². The first-order valence-corrected chi connectivity index (χ1v) is 5.83. The van der Waals surface area contributed by atoms with E-state index in [1.807, 2.05) is 0 Å². The molecule has 0 aliphatic carbocycles. The second-order valence-corrected chi connectivity index (χ2v) is 4.23. The molecule has 0 heterocycles. The molecule has 1 aromatic rings. The number of nitriles is 1. The van der Waals surface area contributed by atoms with Crippen molar-refractivity contribution in [1.82, 2.24) is 5.32 Å². The van der Waals surface area contributed by atoms with E-state index in [0.717, 1.165) is 13.0 Å². The first-order valence-electron chi connectivity index (χ1n) is 5.83. The Hall–Kier alpha value is -1.33. The molecule has 16 heavy (non-hydrogen) atoms. The molecule has 0 spiro atoms. The molecule has 2 nitrogen and oxygen atoms in total. The van der Waals surface area contributed by atoms with E-state index >= 15 is 0 Å². The summed E-state index contributed by atoms with van der Waals surface area (Å²) in [7, 11) is 0. The molecule has 1 atom stereocenters. The molecule has 0 aliphatic heterocycles. The zero-order chi connectivity index (χ0) is 12.0. The van der Waals surface area contributed by atoms with Crippen LogP contribution in [0, 0.1) is 25.2 Å². The Kier molecular flexibility index (Phi) is 5.01. The minimum Gasteiger partial charge on any atom is -0.310 e. The van der Waals surface area contributed by atoms with E-state index in [0.29, 0.717) is 12.5 Å². The average Bonchev–Trinajstić information content (AvgIpc) is 2.28. The third-order valence-corrected chi connectivity index (χ3v) is 3.03. The van der Waals surface area contributed by atoms with Gasteiger partial charge in [0.05, 0.1) is 6.07 Å². The normalized spacial score (nSPS) is 12.1. The maximum absolute atomic E-state index is 8.45. The highest BCUT2D eigenvalue weighted by atomic mass is 14.9.